The zero-order valence-corrected chi connectivity index (χ0v) is 6.00. The molecule has 0 aliphatic rings. The first-order valence-corrected chi connectivity index (χ1v) is 3.25. The van der Waals surface area contributed by atoms with Crippen LogP contribution < -0.4 is 0 Å². The largest absolute Gasteiger partial charge is 0.478 e. The first-order chi connectivity index (χ1) is 4.72. The van der Waals surface area contributed by atoms with E-state index in [-0.39, 0.29) is 6.61 Å². The van der Waals surface area contributed by atoms with Gasteiger partial charge in [-0.1, -0.05) is 13.0 Å². The number of hydrogen-bond donors (Lipinski definition) is 2. The molecule has 0 unspecified atom stereocenters. The summed E-state index contributed by atoms with van der Waals surface area (Å²) in [6.07, 6.45) is 2.48. The number of aliphatic carboxylic acids is 1. The van der Waals surface area contributed by atoms with E-state index >= 15 is 0 Å². The zero-order valence-electron chi connectivity index (χ0n) is 6.00. The molecule has 0 saturated carbocycles. The lowest BCUT2D eigenvalue weighted by Gasteiger charge is -1.94. The van der Waals surface area contributed by atoms with Crippen LogP contribution in [0.3, 0.4) is 0 Å². The third kappa shape index (κ3) is 3.25. The van der Waals surface area contributed by atoms with Crippen molar-refractivity contribution in [3.8, 4) is 0 Å². The minimum atomic E-state index is -0.893. The molecular formula is C7H12O3. The summed E-state index contributed by atoms with van der Waals surface area (Å²) in [6, 6.07) is 0. The van der Waals surface area contributed by atoms with E-state index in [9.17, 15) is 4.79 Å². The Morgan fingerprint density at radius 2 is 2.20 bits per heavy atom. The fourth-order valence-electron chi connectivity index (χ4n) is 0.622. The Morgan fingerprint density at radius 3 is 2.50 bits per heavy atom. The summed E-state index contributed by atoms with van der Waals surface area (Å²) in [5, 5.41) is 16.8. The van der Waals surface area contributed by atoms with E-state index in [0.717, 1.165) is 0 Å². The van der Waals surface area contributed by atoms with Crippen LogP contribution in [0.5, 0.6) is 0 Å². The summed E-state index contributed by atoms with van der Waals surface area (Å²) in [7, 11) is 0. The van der Waals surface area contributed by atoms with Crippen molar-refractivity contribution in [2.24, 2.45) is 0 Å². The van der Waals surface area contributed by atoms with Crippen molar-refractivity contribution in [1.82, 2.24) is 0 Å². The maximum atomic E-state index is 10.3. The third-order valence-electron chi connectivity index (χ3n) is 1.18. The number of hydrogen-bond acceptors (Lipinski definition) is 2. The topological polar surface area (TPSA) is 57.5 Å². The number of carboxylic acids is 1. The lowest BCUT2D eigenvalue weighted by Crippen LogP contribution is -1.99. The molecule has 58 valence electrons. The van der Waals surface area contributed by atoms with Crippen molar-refractivity contribution in [3.05, 3.63) is 11.6 Å². The van der Waals surface area contributed by atoms with Crippen LogP contribution in [0.25, 0.3) is 0 Å². The first kappa shape index (κ1) is 9.17. The molecule has 3 nitrogen and oxygen atoms in total. The Balaban J connectivity index is 3.91. The van der Waals surface area contributed by atoms with Crippen LogP contribution in [0, 0.1) is 0 Å². The van der Waals surface area contributed by atoms with E-state index in [1.54, 1.807) is 13.0 Å². The molecule has 0 saturated heterocycles. The number of carbonyl (C=O) groups is 1. The molecule has 0 aromatic rings. The number of rotatable bonds is 4. The van der Waals surface area contributed by atoms with Gasteiger partial charge in [-0.3, -0.25) is 0 Å². The van der Waals surface area contributed by atoms with Crippen LogP contribution >= 0.6 is 0 Å². The molecule has 0 heterocycles. The summed E-state index contributed by atoms with van der Waals surface area (Å²) in [5.41, 5.74) is 0.369. The summed E-state index contributed by atoms with van der Waals surface area (Å²) in [6.45, 7) is 1.79. The Bertz CT molecular complexity index is 138. The molecule has 0 fully saturated rings. The Hall–Kier alpha value is -0.830. The second-order valence-corrected chi connectivity index (χ2v) is 1.90. The molecule has 0 amide bonds. The van der Waals surface area contributed by atoms with Gasteiger partial charge in [0.1, 0.15) is 0 Å². The summed E-state index contributed by atoms with van der Waals surface area (Å²) in [5.74, 6) is -0.893. The lowest BCUT2D eigenvalue weighted by molar-refractivity contribution is -0.132. The third-order valence-corrected chi connectivity index (χ3v) is 1.18. The molecule has 3 heteroatoms. The van der Waals surface area contributed by atoms with Crippen LogP contribution in [0.1, 0.15) is 19.8 Å². The smallest absolute Gasteiger partial charge is 0.331 e. The molecule has 0 radical (unpaired) electrons. The molecule has 0 aromatic heterocycles. The quantitative estimate of drug-likeness (QED) is 0.573. The monoisotopic (exact) mass is 144 g/mol. The standard InChI is InChI=1S/C7H12O3/c1-2-6(7(9)10)4-3-5-8/h4,8H,2-3,5H2,1H3,(H,9,10). The van der Waals surface area contributed by atoms with Crippen molar-refractivity contribution in [2.75, 3.05) is 6.61 Å². The van der Waals surface area contributed by atoms with E-state index in [2.05, 4.69) is 0 Å². The molecule has 0 aromatic carbocycles. The second kappa shape index (κ2) is 4.99. The van der Waals surface area contributed by atoms with Crippen LogP contribution in [-0.4, -0.2) is 22.8 Å². The van der Waals surface area contributed by atoms with Gasteiger partial charge in [-0.2, -0.15) is 0 Å². The fourth-order valence-corrected chi connectivity index (χ4v) is 0.622. The highest BCUT2D eigenvalue weighted by Gasteiger charge is 2.01. The van der Waals surface area contributed by atoms with Crippen LogP contribution in [0.2, 0.25) is 0 Å². The minimum Gasteiger partial charge on any atom is -0.478 e. The molecule has 0 rings (SSSR count). The van der Waals surface area contributed by atoms with E-state index < -0.39 is 5.97 Å². The van der Waals surface area contributed by atoms with E-state index in [1.165, 1.54) is 0 Å². The maximum Gasteiger partial charge on any atom is 0.331 e. The second-order valence-electron chi connectivity index (χ2n) is 1.90. The molecule has 2 N–H and O–H groups in total. The molecule has 0 aliphatic heterocycles. The molecule has 0 bridgehead atoms. The molecule has 0 aliphatic carbocycles. The Kier molecular flexibility index (Phi) is 4.58. The molecule has 10 heavy (non-hydrogen) atoms. The van der Waals surface area contributed by atoms with Gasteiger partial charge in [0.05, 0.1) is 0 Å². The summed E-state index contributed by atoms with van der Waals surface area (Å²) >= 11 is 0. The summed E-state index contributed by atoms with van der Waals surface area (Å²) in [4.78, 5) is 10.3. The van der Waals surface area contributed by atoms with Crippen molar-refractivity contribution in [3.63, 3.8) is 0 Å². The first-order valence-electron chi connectivity index (χ1n) is 3.25. The van der Waals surface area contributed by atoms with Crippen LogP contribution in [0.15, 0.2) is 11.6 Å². The minimum absolute atomic E-state index is 0.0107. The van der Waals surface area contributed by atoms with Crippen molar-refractivity contribution in [2.45, 2.75) is 19.8 Å². The fraction of sp³-hybridized carbons (Fsp3) is 0.571. The summed E-state index contributed by atoms with van der Waals surface area (Å²) < 4.78 is 0. The number of aliphatic hydroxyl groups is 1. The van der Waals surface area contributed by atoms with Gasteiger partial charge in [-0.25, -0.2) is 4.79 Å². The predicted molar refractivity (Wildman–Crippen MR) is 37.7 cm³/mol. The molecular weight excluding hydrogens is 132 g/mol. The van der Waals surface area contributed by atoms with Gasteiger partial charge in [-0.15, -0.1) is 0 Å². The predicted octanol–water partition coefficient (Wildman–Crippen LogP) is 0.790. The van der Waals surface area contributed by atoms with E-state index in [0.29, 0.717) is 18.4 Å². The van der Waals surface area contributed by atoms with Gasteiger partial charge in [-0.05, 0) is 12.8 Å². The number of carboxylic acid groups (broad SMARTS) is 1. The molecule has 0 atom stereocenters. The highest BCUT2D eigenvalue weighted by Crippen LogP contribution is 2.01. The van der Waals surface area contributed by atoms with Gasteiger partial charge >= 0.3 is 5.97 Å². The Labute approximate surface area is 60.0 Å². The zero-order chi connectivity index (χ0) is 7.98. The van der Waals surface area contributed by atoms with Gasteiger partial charge in [0, 0.05) is 12.2 Å². The lowest BCUT2D eigenvalue weighted by atomic mass is 10.2. The van der Waals surface area contributed by atoms with E-state index in [4.69, 9.17) is 10.2 Å². The van der Waals surface area contributed by atoms with Gasteiger partial charge < -0.3 is 10.2 Å². The highest BCUT2D eigenvalue weighted by molar-refractivity contribution is 5.86. The van der Waals surface area contributed by atoms with Gasteiger partial charge in [0.25, 0.3) is 0 Å². The number of aliphatic hydroxyl groups excluding tert-OH is 1. The van der Waals surface area contributed by atoms with Crippen molar-refractivity contribution < 1.29 is 15.0 Å². The Morgan fingerprint density at radius 1 is 1.60 bits per heavy atom. The van der Waals surface area contributed by atoms with Crippen molar-refractivity contribution in [1.29, 1.82) is 0 Å². The van der Waals surface area contributed by atoms with E-state index in [1.807, 2.05) is 0 Å². The van der Waals surface area contributed by atoms with Gasteiger partial charge in [0.2, 0.25) is 0 Å². The average molecular weight is 144 g/mol. The SMILES string of the molecule is CCC(=CCCO)C(=O)O. The average Bonchev–Trinajstić information content (AvgIpc) is 1.89. The van der Waals surface area contributed by atoms with Crippen LogP contribution in [0.4, 0.5) is 0 Å². The van der Waals surface area contributed by atoms with Crippen LogP contribution in [-0.2, 0) is 4.79 Å². The highest BCUT2D eigenvalue weighted by atomic mass is 16.4. The van der Waals surface area contributed by atoms with Crippen molar-refractivity contribution >= 4 is 5.97 Å². The normalized spacial score (nSPS) is 11.6. The van der Waals surface area contributed by atoms with Gasteiger partial charge in [0.15, 0.2) is 0 Å². The maximum absolute atomic E-state index is 10.3. The molecule has 0 spiro atoms.